The average molecular weight is 296 g/mol. The van der Waals surface area contributed by atoms with Gasteiger partial charge in [0.2, 0.25) is 5.91 Å². The van der Waals surface area contributed by atoms with Gasteiger partial charge in [0.25, 0.3) is 5.91 Å². The van der Waals surface area contributed by atoms with Crippen molar-refractivity contribution in [3.05, 3.63) is 29.6 Å². The third-order valence-electron chi connectivity index (χ3n) is 2.32. The summed E-state index contributed by atoms with van der Waals surface area (Å²) in [6.45, 7) is 0.690. The summed E-state index contributed by atoms with van der Waals surface area (Å²) in [5, 5.41) is 5.04. The molecule has 1 heterocycles. The lowest BCUT2D eigenvalue weighted by Crippen LogP contribution is -2.38. The van der Waals surface area contributed by atoms with Crippen LogP contribution in [0.4, 0.5) is 0 Å². The normalized spacial score (nSPS) is 9.85. The van der Waals surface area contributed by atoms with E-state index < -0.39 is 5.91 Å². The van der Waals surface area contributed by atoms with E-state index in [1.807, 2.05) is 0 Å². The van der Waals surface area contributed by atoms with Gasteiger partial charge in [-0.05, 0) is 12.1 Å². The fraction of sp³-hybridized carbons (Fsp3) is 0.333. The van der Waals surface area contributed by atoms with Gasteiger partial charge in [-0.1, -0.05) is 12.2 Å². The molecule has 2 amide bonds. The van der Waals surface area contributed by atoms with E-state index in [1.165, 1.54) is 19.4 Å². The first-order chi connectivity index (χ1) is 9.54. The molecule has 0 spiro atoms. The van der Waals surface area contributed by atoms with Gasteiger partial charge in [-0.15, -0.1) is 0 Å². The standard InChI is InChI=1S/C12H16N4O3S/c1-19-5-4-14-10(17)7-16-12(18)9-3-2-8(6-15-9)11(13)20/h2-3,6H,4-5,7H2,1H3,(H2,13,20)(H,14,17)(H,16,18). The molecular formula is C12H16N4O3S. The Kier molecular flexibility index (Phi) is 6.54. The van der Waals surface area contributed by atoms with Gasteiger partial charge in [0.05, 0.1) is 13.2 Å². The highest BCUT2D eigenvalue weighted by atomic mass is 32.1. The van der Waals surface area contributed by atoms with Gasteiger partial charge in [0, 0.05) is 25.4 Å². The van der Waals surface area contributed by atoms with Crippen LogP contribution in [0.1, 0.15) is 16.1 Å². The number of nitrogens with zero attached hydrogens (tertiary/aromatic N) is 1. The topological polar surface area (TPSA) is 106 Å². The van der Waals surface area contributed by atoms with E-state index in [0.717, 1.165) is 0 Å². The largest absolute Gasteiger partial charge is 0.389 e. The molecular weight excluding hydrogens is 280 g/mol. The molecule has 0 unspecified atom stereocenters. The number of nitrogens with two attached hydrogens (primary N) is 1. The van der Waals surface area contributed by atoms with Crippen LogP contribution in [0.5, 0.6) is 0 Å². The van der Waals surface area contributed by atoms with Crippen LogP contribution in [-0.4, -0.2) is 48.6 Å². The zero-order valence-corrected chi connectivity index (χ0v) is 11.8. The van der Waals surface area contributed by atoms with Crippen molar-refractivity contribution in [3.63, 3.8) is 0 Å². The zero-order chi connectivity index (χ0) is 15.0. The molecule has 0 bridgehead atoms. The van der Waals surface area contributed by atoms with E-state index in [4.69, 9.17) is 22.7 Å². The summed E-state index contributed by atoms with van der Waals surface area (Å²) in [5.41, 5.74) is 6.19. The quantitative estimate of drug-likeness (QED) is 0.450. The zero-order valence-electron chi connectivity index (χ0n) is 11.0. The molecule has 108 valence electrons. The maximum absolute atomic E-state index is 11.7. The Morgan fingerprint density at radius 1 is 1.40 bits per heavy atom. The van der Waals surface area contributed by atoms with Crippen molar-refractivity contribution in [3.8, 4) is 0 Å². The minimum absolute atomic E-state index is 0.124. The Hall–Kier alpha value is -2.06. The van der Waals surface area contributed by atoms with Crippen molar-refractivity contribution in [2.75, 3.05) is 26.8 Å². The molecule has 0 aliphatic heterocycles. The second-order valence-electron chi connectivity index (χ2n) is 3.82. The first-order valence-electron chi connectivity index (χ1n) is 5.84. The van der Waals surface area contributed by atoms with Crippen LogP contribution < -0.4 is 16.4 Å². The molecule has 0 aliphatic carbocycles. The highest BCUT2D eigenvalue weighted by molar-refractivity contribution is 7.80. The van der Waals surface area contributed by atoms with Gasteiger partial charge >= 0.3 is 0 Å². The highest BCUT2D eigenvalue weighted by Gasteiger charge is 2.09. The number of thiocarbonyl (C=S) groups is 1. The van der Waals surface area contributed by atoms with E-state index in [-0.39, 0.29) is 23.1 Å². The third-order valence-corrected chi connectivity index (χ3v) is 2.55. The van der Waals surface area contributed by atoms with Crippen LogP contribution in [-0.2, 0) is 9.53 Å². The lowest BCUT2D eigenvalue weighted by Gasteiger charge is -2.06. The van der Waals surface area contributed by atoms with E-state index in [1.54, 1.807) is 6.07 Å². The Morgan fingerprint density at radius 3 is 2.70 bits per heavy atom. The molecule has 0 saturated carbocycles. The molecule has 8 heteroatoms. The minimum atomic E-state index is -0.443. The first-order valence-corrected chi connectivity index (χ1v) is 6.25. The van der Waals surface area contributed by atoms with Crippen LogP contribution in [0.25, 0.3) is 0 Å². The molecule has 0 aliphatic rings. The van der Waals surface area contributed by atoms with Gasteiger partial charge in [0.1, 0.15) is 10.7 Å². The number of nitrogens with one attached hydrogen (secondary N) is 2. The number of carbonyl (C=O) groups excluding carboxylic acids is 2. The second-order valence-corrected chi connectivity index (χ2v) is 4.26. The highest BCUT2D eigenvalue weighted by Crippen LogP contribution is 2.00. The Bertz CT molecular complexity index is 490. The maximum Gasteiger partial charge on any atom is 0.270 e. The number of carbonyl (C=O) groups is 2. The smallest absolute Gasteiger partial charge is 0.270 e. The molecule has 0 saturated heterocycles. The summed E-state index contributed by atoms with van der Waals surface area (Å²) >= 11 is 4.78. The fourth-order valence-electron chi connectivity index (χ4n) is 1.28. The summed E-state index contributed by atoms with van der Waals surface area (Å²) in [4.78, 5) is 27.2. The third kappa shape index (κ3) is 5.29. The molecule has 1 aromatic heterocycles. The SMILES string of the molecule is COCCNC(=O)CNC(=O)c1ccc(C(N)=S)cn1. The van der Waals surface area contributed by atoms with E-state index >= 15 is 0 Å². The molecule has 1 rings (SSSR count). The van der Waals surface area contributed by atoms with Crippen molar-refractivity contribution < 1.29 is 14.3 Å². The van der Waals surface area contributed by atoms with Gasteiger partial charge < -0.3 is 21.1 Å². The summed E-state index contributed by atoms with van der Waals surface area (Å²) in [6.07, 6.45) is 1.41. The minimum Gasteiger partial charge on any atom is -0.389 e. The van der Waals surface area contributed by atoms with E-state index in [9.17, 15) is 9.59 Å². The van der Waals surface area contributed by atoms with E-state index in [0.29, 0.717) is 18.7 Å². The number of methoxy groups -OCH3 is 1. The van der Waals surface area contributed by atoms with Crippen LogP contribution in [0.2, 0.25) is 0 Å². The average Bonchev–Trinajstić information content (AvgIpc) is 2.45. The molecule has 0 atom stereocenters. The summed E-state index contributed by atoms with van der Waals surface area (Å²) in [6, 6.07) is 3.09. The van der Waals surface area contributed by atoms with E-state index in [2.05, 4.69) is 15.6 Å². The summed E-state index contributed by atoms with van der Waals surface area (Å²) in [7, 11) is 1.54. The molecule has 0 fully saturated rings. The lowest BCUT2D eigenvalue weighted by atomic mass is 10.2. The molecule has 1 aromatic rings. The van der Waals surface area contributed by atoms with Crippen molar-refractivity contribution in [1.29, 1.82) is 0 Å². The van der Waals surface area contributed by atoms with Crippen molar-refractivity contribution >= 4 is 29.0 Å². The Balaban J connectivity index is 2.42. The molecule has 7 nitrogen and oxygen atoms in total. The monoisotopic (exact) mass is 296 g/mol. The summed E-state index contributed by atoms with van der Waals surface area (Å²) in [5.74, 6) is -0.739. The predicted octanol–water partition coefficient (Wildman–Crippen LogP) is -0.792. The Labute approximate surface area is 121 Å². The maximum atomic E-state index is 11.7. The van der Waals surface area contributed by atoms with Gasteiger partial charge in [-0.25, -0.2) is 0 Å². The van der Waals surface area contributed by atoms with Crippen molar-refractivity contribution in [1.82, 2.24) is 15.6 Å². The lowest BCUT2D eigenvalue weighted by molar-refractivity contribution is -0.120. The summed E-state index contributed by atoms with van der Waals surface area (Å²) < 4.78 is 4.78. The number of aromatic nitrogens is 1. The predicted molar refractivity (Wildman–Crippen MR) is 77.3 cm³/mol. The second kappa shape index (κ2) is 8.18. The molecule has 0 radical (unpaired) electrons. The van der Waals surface area contributed by atoms with Gasteiger partial charge in [-0.2, -0.15) is 0 Å². The number of pyridine rings is 1. The number of amides is 2. The number of hydrogen-bond donors (Lipinski definition) is 3. The molecule has 4 N–H and O–H groups in total. The van der Waals surface area contributed by atoms with Crippen molar-refractivity contribution in [2.24, 2.45) is 5.73 Å². The number of hydrogen-bond acceptors (Lipinski definition) is 5. The van der Waals surface area contributed by atoms with Crippen molar-refractivity contribution in [2.45, 2.75) is 0 Å². The first kappa shape index (κ1) is 16.0. The van der Waals surface area contributed by atoms with Crippen LogP contribution >= 0.6 is 12.2 Å². The number of ether oxygens (including phenoxy) is 1. The van der Waals surface area contributed by atoms with Crippen LogP contribution in [0, 0.1) is 0 Å². The van der Waals surface area contributed by atoms with Gasteiger partial charge in [-0.3, -0.25) is 14.6 Å². The molecule has 20 heavy (non-hydrogen) atoms. The van der Waals surface area contributed by atoms with Gasteiger partial charge in [0.15, 0.2) is 0 Å². The van der Waals surface area contributed by atoms with Crippen LogP contribution in [0.15, 0.2) is 18.3 Å². The number of rotatable bonds is 7. The Morgan fingerprint density at radius 2 is 2.15 bits per heavy atom. The molecule has 0 aromatic carbocycles. The fourth-order valence-corrected chi connectivity index (χ4v) is 1.40. The van der Waals surface area contributed by atoms with Crippen LogP contribution in [0.3, 0.4) is 0 Å².